The molecular formula is C17H17ClFN3O2. The summed E-state index contributed by atoms with van der Waals surface area (Å²) >= 11 is 5.72. The van der Waals surface area contributed by atoms with E-state index in [4.69, 9.17) is 16.3 Å². The van der Waals surface area contributed by atoms with Gasteiger partial charge in [-0.25, -0.2) is 9.18 Å². The van der Waals surface area contributed by atoms with Gasteiger partial charge in [-0.3, -0.25) is 0 Å². The summed E-state index contributed by atoms with van der Waals surface area (Å²) in [6, 6.07) is 11.2. The average molecular weight is 350 g/mol. The van der Waals surface area contributed by atoms with Gasteiger partial charge in [0.1, 0.15) is 5.82 Å². The van der Waals surface area contributed by atoms with Crippen LogP contribution in [0.4, 0.5) is 26.2 Å². The summed E-state index contributed by atoms with van der Waals surface area (Å²) in [7, 11) is 0. The third-order valence-electron chi connectivity index (χ3n) is 3.68. The van der Waals surface area contributed by atoms with Gasteiger partial charge in [-0.05, 0) is 30.3 Å². The van der Waals surface area contributed by atoms with Gasteiger partial charge in [0.05, 0.1) is 29.6 Å². The van der Waals surface area contributed by atoms with Gasteiger partial charge in [-0.15, -0.1) is 0 Å². The SMILES string of the molecule is O=C(Nc1ccc(F)c(Cl)c1)Nc1ccccc1N1CCOCC1. The van der Waals surface area contributed by atoms with Crippen molar-refractivity contribution in [2.24, 2.45) is 0 Å². The zero-order chi connectivity index (χ0) is 16.9. The number of anilines is 3. The van der Waals surface area contributed by atoms with Crippen molar-refractivity contribution in [2.75, 3.05) is 41.8 Å². The van der Waals surface area contributed by atoms with Gasteiger partial charge in [0.25, 0.3) is 0 Å². The summed E-state index contributed by atoms with van der Waals surface area (Å²) in [5.74, 6) is -0.528. The molecular weight excluding hydrogens is 333 g/mol. The molecule has 0 aromatic heterocycles. The van der Waals surface area contributed by atoms with Crippen LogP contribution in [0.1, 0.15) is 0 Å². The lowest BCUT2D eigenvalue weighted by atomic mass is 10.2. The molecule has 1 saturated heterocycles. The number of rotatable bonds is 3. The van der Waals surface area contributed by atoms with Crippen molar-refractivity contribution >= 4 is 34.7 Å². The standard InChI is InChI=1S/C17H17ClFN3O2/c18-13-11-12(5-6-14(13)19)20-17(23)21-15-3-1-2-4-16(15)22-7-9-24-10-8-22/h1-6,11H,7-10H2,(H2,20,21,23). The van der Waals surface area contributed by atoms with E-state index in [1.165, 1.54) is 18.2 Å². The molecule has 1 aliphatic heterocycles. The number of para-hydroxylation sites is 2. The first-order chi connectivity index (χ1) is 11.6. The van der Waals surface area contributed by atoms with Crippen LogP contribution < -0.4 is 15.5 Å². The molecule has 24 heavy (non-hydrogen) atoms. The Kier molecular flexibility index (Phi) is 5.17. The van der Waals surface area contributed by atoms with Crippen LogP contribution in [0.5, 0.6) is 0 Å². The minimum Gasteiger partial charge on any atom is -0.378 e. The summed E-state index contributed by atoms with van der Waals surface area (Å²) in [5.41, 5.74) is 2.06. The fourth-order valence-electron chi connectivity index (χ4n) is 2.52. The van der Waals surface area contributed by atoms with Crippen LogP contribution in [0.15, 0.2) is 42.5 Å². The Hall–Kier alpha value is -2.31. The second-order valence-electron chi connectivity index (χ2n) is 5.32. The molecule has 0 spiro atoms. The molecule has 3 rings (SSSR count). The number of carbonyl (C=O) groups excluding carboxylic acids is 1. The highest BCUT2D eigenvalue weighted by Crippen LogP contribution is 2.26. The molecule has 2 amide bonds. The molecule has 2 aromatic rings. The Labute approximate surface area is 144 Å². The van der Waals surface area contributed by atoms with Gasteiger partial charge in [0.2, 0.25) is 0 Å². The molecule has 0 atom stereocenters. The lowest BCUT2D eigenvalue weighted by Gasteiger charge is -2.30. The number of benzene rings is 2. The second-order valence-corrected chi connectivity index (χ2v) is 5.73. The smallest absolute Gasteiger partial charge is 0.323 e. The molecule has 1 fully saturated rings. The van der Waals surface area contributed by atoms with E-state index >= 15 is 0 Å². The van der Waals surface area contributed by atoms with Crippen LogP contribution in [-0.4, -0.2) is 32.3 Å². The van der Waals surface area contributed by atoms with E-state index in [0.717, 1.165) is 18.8 Å². The van der Waals surface area contributed by atoms with Crippen molar-refractivity contribution in [1.29, 1.82) is 0 Å². The highest BCUT2D eigenvalue weighted by Gasteiger charge is 2.15. The molecule has 126 valence electrons. The Morgan fingerprint density at radius 3 is 2.62 bits per heavy atom. The topological polar surface area (TPSA) is 53.6 Å². The van der Waals surface area contributed by atoms with Crippen molar-refractivity contribution in [3.8, 4) is 0 Å². The number of nitrogens with zero attached hydrogens (tertiary/aromatic N) is 1. The predicted molar refractivity (Wildman–Crippen MR) is 93.5 cm³/mol. The molecule has 0 bridgehead atoms. The lowest BCUT2D eigenvalue weighted by molar-refractivity contribution is 0.123. The van der Waals surface area contributed by atoms with Gasteiger partial charge in [-0.1, -0.05) is 23.7 Å². The number of ether oxygens (including phenoxy) is 1. The highest BCUT2D eigenvalue weighted by molar-refractivity contribution is 6.31. The Balaban J connectivity index is 1.71. The fraction of sp³-hybridized carbons (Fsp3) is 0.235. The highest BCUT2D eigenvalue weighted by atomic mass is 35.5. The maximum Gasteiger partial charge on any atom is 0.323 e. The lowest BCUT2D eigenvalue weighted by Crippen LogP contribution is -2.37. The normalized spacial score (nSPS) is 14.3. The molecule has 0 unspecified atom stereocenters. The van der Waals surface area contributed by atoms with Crippen LogP contribution in [-0.2, 0) is 4.74 Å². The molecule has 7 heteroatoms. The van der Waals surface area contributed by atoms with E-state index in [9.17, 15) is 9.18 Å². The third-order valence-corrected chi connectivity index (χ3v) is 3.97. The minimum atomic E-state index is -0.528. The zero-order valence-corrected chi connectivity index (χ0v) is 13.6. The number of hydrogen-bond acceptors (Lipinski definition) is 3. The van der Waals surface area contributed by atoms with Crippen LogP contribution in [0, 0.1) is 5.82 Å². The molecule has 5 nitrogen and oxygen atoms in total. The quantitative estimate of drug-likeness (QED) is 0.881. The van der Waals surface area contributed by atoms with Crippen LogP contribution in [0.25, 0.3) is 0 Å². The van der Waals surface area contributed by atoms with E-state index in [0.29, 0.717) is 24.6 Å². The number of hydrogen-bond donors (Lipinski definition) is 2. The van der Waals surface area contributed by atoms with Crippen molar-refractivity contribution in [2.45, 2.75) is 0 Å². The first kappa shape index (κ1) is 16.5. The van der Waals surface area contributed by atoms with Crippen LogP contribution in [0.2, 0.25) is 5.02 Å². The molecule has 2 N–H and O–H groups in total. The van der Waals surface area contributed by atoms with E-state index in [1.807, 2.05) is 24.3 Å². The third kappa shape index (κ3) is 3.96. The van der Waals surface area contributed by atoms with Crippen molar-refractivity contribution < 1.29 is 13.9 Å². The summed E-state index contributed by atoms with van der Waals surface area (Å²) in [6.07, 6.45) is 0. The number of urea groups is 1. The Bertz CT molecular complexity index is 736. The monoisotopic (exact) mass is 349 g/mol. The first-order valence-electron chi connectivity index (χ1n) is 7.58. The van der Waals surface area contributed by atoms with E-state index < -0.39 is 11.8 Å². The van der Waals surface area contributed by atoms with Gasteiger partial charge in [-0.2, -0.15) is 0 Å². The maximum absolute atomic E-state index is 13.2. The summed E-state index contributed by atoms with van der Waals surface area (Å²) in [4.78, 5) is 14.4. The van der Waals surface area contributed by atoms with Gasteiger partial charge < -0.3 is 20.3 Å². The van der Waals surface area contributed by atoms with E-state index in [-0.39, 0.29) is 5.02 Å². The van der Waals surface area contributed by atoms with Crippen LogP contribution in [0.3, 0.4) is 0 Å². The summed E-state index contributed by atoms with van der Waals surface area (Å²) in [5, 5.41) is 5.42. The minimum absolute atomic E-state index is 0.0403. The Morgan fingerprint density at radius 2 is 1.88 bits per heavy atom. The molecule has 0 radical (unpaired) electrons. The zero-order valence-electron chi connectivity index (χ0n) is 12.9. The summed E-state index contributed by atoms with van der Waals surface area (Å²) in [6.45, 7) is 2.87. The summed E-state index contributed by atoms with van der Waals surface area (Å²) < 4.78 is 18.5. The predicted octanol–water partition coefficient (Wildman–Crippen LogP) is 3.96. The average Bonchev–Trinajstić information content (AvgIpc) is 2.59. The van der Waals surface area contributed by atoms with E-state index in [2.05, 4.69) is 15.5 Å². The number of nitrogens with one attached hydrogen (secondary N) is 2. The molecule has 1 aliphatic rings. The largest absolute Gasteiger partial charge is 0.378 e. The molecule has 1 heterocycles. The van der Waals surface area contributed by atoms with Crippen molar-refractivity contribution in [1.82, 2.24) is 0 Å². The Morgan fingerprint density at radius 1 is 1.12 bits per heavy atom. The maximum atomic E-state index is 13.2. The van der Waals surface area contributed by atoms with Gasteiger partial charge >= 0.3 is 6.03 Å². The number of morpholine rings is 1. The molecule has 0 aliphatic carbocycles. The molecule has 2 aromatic carbocycles. The fourth-order valence-corrected chi connectivity index (χ4v) is 2.70. The van der Waals surface area contributed by atoms with Crippen molar-refractivity contribution in [3.05, 3.63) is 53.3 Å². The molecule has 0 saturated carbocycles. The van der Waals surface area contributed by atoms with E-state index in [1.54, 1.807) is 0 Å². The van der Waals surface area contributed by atoms with Gasteiger partial charge in [0.15, 0.2) is 0 Å². The van der Waals surface area contributed by atoms with Crippen LogP contribution >= 0.6 is 11.6 Å². The second kappa shape index (κ2) is 7.51. The first-order valence-corrected chi connectivity index (χ1v) is 7.96. The number of amides is 2. The number of carbonyl (C=O) groups is 1. The number of halogens is 2. The van der Waals surface area contributed by atoms with Crippen molar-refractivity contribution in [3.63, 3.8) is 0 Å². The van der Waals surface area contributed by atoms with Gasteiger partial charge in [0, 0.05) is 18.8 Å².